The summed E-state index contributed by atoms with van der Waals surface area (Å²) in [7, 11) is 1.27. The van der Waals surface area contributed by atoms with E-state index in [2.05, 4.69) is 21.2 Å². The van der Waals surface area contributed by atoms with Crippen molar-refractivity contribution >= 4 is 27.5 Å². The highest BCUT2D eigenvalue weighted by atomic mass is 79.9. The van der Waals surface area contributed by atoms with Gasteiger partial charge >= 0.3 is 6.18 Å². The zero-order valence-corrected chi connectivity index (χ0v) is 12.1. The van der Waals surface area contributed by atoms with E-state index in [1.54, 1.807) is 13.8 Å². The van der Waals surface area contributed by atoms with Crippen molar-refractivity contribution in [3.8, 4) is 5.75 Å². The van der Waals surface area contributed by atoms with Gasteiger partial charge in [0.2, 0.25) is 5.91 Å². The Morgan fingerprint density at radius 2 is 1.89 bits per heavy atom. The third-order valence-corrected chi connectivity index (χ3v) is 2.68. The number of carbonyl (C=O) groups excluding carboxylic acids is 1. The summed E-state index contributed by atoms with van der Waals surface area (Å²) < 4.78 is 42.5. The van der Waals surface area contributed by atoms with Gasteiger partial charge in [0.1, 0.15) is 5.75 Å². The Balaban J connectivity index is 3.18. The molecular weight excluding hydrogens is 327 g/mol. The lowest BCUT2D eigenvalue weighted by Gasteiger charge is -2.19. The Bertz CT molecular complexity index is 481. The first kappa shape index (κ1) is 15.8. The minimum atomic E-state index is -4.58. The van der Waals surface area contributed by atoms with Crippen LogP contribution >= 0.6 is 15.9 Å². The van der Waals surface area contributed by atoms with E-state index in [0.717, 1.165) is 12.1 Å². The van der Waals surface area contributed by atoms with E-state index in [-0.39, 0.29) is 11.4 Å². The average molecular weight is 340 g/mol. The number of carbonyl (C=O) groups is 1. The molecule has 106 valence electrons. The Hall–Kier alpha value is -1.24. The summed E-state index contributed by atoms with van der Waals surface area (Å²) in [5.74, 6) is -0.494. The molecular formula is C12H13BrF3NO2. The molecule has 0 aliphatic carbocycles. The maximum atomic E-state index is 12.9. The van der Waals surface area contributed by atoms with E-state index in [1.807, 2.05) is 0 Å². The predicted molar refractivity (Wildman–Crippen MR) is 69.6 cm³/mol. The number of amides is 1. The van der Waals surface area contributed by atoms with E-state index in [1.165, 1.54) is 13.2 Å². The second-order valence-corrected chi connectivity index (χ2v) is 6.32. The lowest BCUT2D eigenvalue weighted by atomic mass is 10.1. The Kier molecular flexibility index (Phi) is 4.50. The molecule has 0 unspecified atom stereocenters. The standard InChI is InChI=1S/C12H13BrF3NO2/c1-11(2,13)10(18)17-9-5-4-7(19-3)6-8(9)12(14,15)16/h4-6H,1-3H3,(H,17,18). The normalized spacial score (nSPS) is 12.2. The van der Waals surface area contributed by atoms with E-state index >= 15 is 0 Å². The summed E-state index contributed by atoms with van der Waals surface area (Å²) in [5, 5.41) is 2.25. The molecule has 1 aromatic carbocycles. The number of anilines is 1. The molecule has 1 N–H and O–H groups in total. The van der Waals surface area contributed by atoms with Crippen LogP contribution in [0.3, 0.4) is 0 Å². The molecule has 19 heavy (non-hydrogen) atoms. The Labute approximate surface area is 117 Å². The summed E-state index contributed by atoms with van der Waals surface area (Å²) >= 11 is 3.09. The van der Waals surface area contributed by atoms with Crippen molar-refractivity contribution in [1.82, 2.24) is 0 Å². The highest BCUT2D eigenvalue weighted by Gasteiger charge is 2.35. The van der Waals surface area contributed by atoms with Gasteiger partial charge in [-0.2, -0.15) is 13.2 Å². The van der Waals surface area contributed by atoms with Gasteiger partial charge in [0.25, 0.3) is 0 Å². The first-order valence-electron chi connectivity index (χ1n) is 5.31. The number of nitrogens with one attached hydrogen (secondary N) is 1. The van der Waals surface area contributed by atoms with Crippen LogP contribution in [0, 0.1) is 0 Å². The second-order valence-electron chi connectivity index (χ2n) is 4.34. The minimum Gasteiger partial charge on any atom is -0.497 e. The van der Waals surface area contributed by atoms with Crippen molar-refractivity contribution < 1.29 is 22.7 Å². The SMILES string of the molecule is COc1ccc(NC(=O)C(C)(C)Br)c(C(F)(F)F)c1. The van der Waals surface area contributed by atoms with Gasteiger partial charge in [0.05, 0.1) is 22.7 Å². The van der Waals surface area contributed by atoms with Crippen molar-refractivity contribution in [2.75, 3.05) is 12.4 Å². The number of rotatable bonds is 3. The van der Waals surface area contributed by atoms with Crippen LogP contribution in [0.1, 0.15) is 19.4 Å². The quantitative estimate of drug-likeness (QED) is 0.850. The molecule has 1 rings (SSSR count). The van der Waals surface area contributed by atoms with E-state index in [0.29, 0.717) is 0 Å². The number of halogens is 4. The number of hydrogen-bond donors (Lipinski definition) is 1. The molecule has 0 atom stereocenters. The summed E-state index contributed by atoms with van der Waals surface area (Å²) in [5.41, 5.74) is -1.25. The first-order valence-corrected chi connectivity index (χ1v) is 6.10. The van der Waals surface area contributed by atoms with Crippen LogP contribution < -0.4 is 10.1 Å². The molecule has 1 amide bonds. The second kappa shape index (κ2) is 5.40. The van der Waals surface area contributed by atoms with E-state index in [4.69, 9.17) is 4.74 Å². The van der Waals surface area contributed by atoms with Crippen molar-refractivity contribution in [3.05, 3.63) is 23.8 Å². The highest BCUT2D eigenvalue weighted by Crippen LogP contribution is 2.37. The molecule has 0 aliphatic rings. The zero-order chi connectivity index (χ0) is 14.8. The van der Waals surface area contributed by atoms with Crippen molar-refractivity contribution in [1.29, 1.82) is 0 Å². The minimum absolute atomic E-state index is 0.0726. The van der Waals surface area contributed by atoms with Gasteiger partial charge in [-0.25, -0.2) is 0 Å². The van der Waals surface area contributed by atoms with Crippen molar-refractivity contribution in [3.63, 3.8) is 0 Å². The van der Waals surface area contributed by atoms with Gasteiger partial charge in [0, 0.05) is 0 Å². The first-order chi connectivity index (χ1) is 8.55. The monoisotopic (exact) mass is 339 g/mol. The number of ether oxygens (including phenoxy) is 1. The number of alkyl halides is 4. The van der Waals surface area contributed by atoms with Gasteiger partial charge < -0.3 is 10.1 Å². The van der Waals surface area contributed by atoms with E-state index < -0.39 is 22.0 Å². The van der Waals surface area contributed by atoms with Gasteiger partial charge in [-0.3, -0.25) is 4.79 Å². The third-order valence-electron chi connectivity index (χ3n) is 2.32. The Morgan fingerprint density at radius 1 is 1.32 bits per heavy atom. The lowest BCUT2D eigenvalue weighted by molar-refractivity contribution is -0.137. The highest BCUT2D eigenvalue weighted by molar-refractivity contribution is 9.10. The van der Waals surface area contributed by atoms with Crippen LogP contribution in [0.4, 0.5) is 18.9 Å². The van der Waals surface area contributed by atoms with Crippen LogP contribution in [0.25, 0.3) is 0 Å². The molecule has 0 radical (unpaired) electrons. The Morgan fingerprint density at radius 3 is 2.32 bits per heavy atom. The topological polar surface area (TPSA) is 38.3 Å². The maximum absolute atomic E-state index is 12.9. The maximum Gasteiger partial charge on any atom is 0.418 e. The zero-order valence-electron chi connectivity index (χ0n) is 10.6. The lowest BCUT2D eigenvalue weighted by Crippen LogP contribution is -2.31. The van der Waals surface area contributed by atoms with Crippen LogP contribution in [0.2, 0.25) is 0 Å². The average Bonchev–Trinajstić information content (AvgIpc) is 2.26. The fourth-order valence-corrected chi connectivity index (χ4v) is 1.36. The molecule has 0 spiro atoms. The predicted octanol–water partition coefficient (Wildman–Crippen LogP) is 3.83. The van der Waals surface area contributed by atoms with Crippen LogP contribution in [-0.4, -0.2) is 17.3 Å². The summed E-state index contributed by atoms with van der Waals surface area (Å²) in [6.45, 7) is 3.08. The molecule has 3 nitrogen and oxygen atoms in total. The smallest absolute Gasteiger partial charge is 0.418 e. The largest absolute Gasteiger partial charge is 0.497 e. The fraction of sp³-hybridized carbons (Fsp3) is 0.417. The van der Waals surface area contributed by atoms with Crippen LogP contribution in [-0.2, 0) is 11.0 Å². The molecule has 0 bridgehead atoms. The third kappa shape index (κ3) is 4.12. The van der Waals surface area contributed by atoms with Crippen molar-refractivity contribution in [2.45, 2.75) is 24.3 Å². The molecule has 0 saturated heterocycles. The molecule has 0 saturated carbocycles. The molecule has 7 heteroatoms. The van der Waals surface area contributed by atoms with Gasteiger partial charge in [-0.15, -0.1) is 0 Å². The number of hydrogen-bond acceptors (Lipinski definition) is 2. The van der Waals surface area contributed by atoms with Crippen LogP contribution in [0.15, 0.2) is 18.2 Å². The fourth-order valence-electron chi connectivity index (χ4n) is 1.26. The van der Waals surface area contributed by atoms with Gasteiger partial charge in [-0.1, -0.05) is 15.9 Å². The number of methoxy groups -OCH3 is 1. The molecule has 0 aliphatic heterocycles. The molecule has 0 aromatic heterocycles. The summed E-state index contributed by atoms with van der Waals surface area (Å²) in [6.07, 6.45) is -4.58. The van der Waals surface area contributed by atoms with Gasteiger partial charge in [0.15, 0.2) is 0 Å². The molecule has 0 heterocycles. The van der Waals surface area contributed by atoms with Crippen LogP contribution in [0.5, 0.6) is 5.75 Å². The number of benzene rings is 1. The van der Waals surface area contributed by atoms with Gasteiger partial charge in [-0.05, 0) is 32.0 Å². The summed E-state index contributed by atoms with van der Waals surface area (Å²) in [4.78, 5) is 11.7. The van der Waals surface area contributed by atoms with Crippen molar-refractivity contribution in [2.24, 2.45) is 0 Å². The molecule has 0 fully saturated rings. The van der Waals surface area contributed by atoms with E-state index in [9.17, 15) is 18.0 Å². The summed E-state index contributed by atoms with van der Waals surface area (Å²) in [6, 6.07) is 3.36. The molecule has 1 aromatic rings.